The summed E-state index contributed by atoms with van der Waals surface area (Å²) in [5.41, 5.74) is 4.16. The number of halogens is 3. The summed E-state index contributed by atoms with van der Waals surface area (Å²) < 4.78 is 46.4. The molecule has 0 aliphatic rings. The normalized spacial score (nSPS) is 11.0. The molecule has 0 aromatic carbocycles. The van der Waals surface area contributed by atoms with Crippen molar-refractivity contribution in [3.8, 4) is 34.0 Å². The van der Waals surface area contributed by atoms with Crippen LogP contribution in [0.2, 0.25) is 0 Å². The van der Waals surface area contributed by atoms with Crippen LogP contribution in [-0.4, -0.2) is 49.3 Å². The zero-order valence-corrected chi connectivity index (χ0v) is 23.4. The Balaban J connectivity index is 0.00000189. The van der Waals surface area contributed by atoms with E-state index >= 15 is 0 Å². The average Bonchev–Trinajstić information content (AvgIpc) is 3.35. The summed E-state index contributed by atoms with van der Waals surface area (Å²) in [6.45, 7) is 7.66. The van der Waals surface area contributed by atoms with Gasteiger partial charge in [0, 0.05) is 46.5 Å². The van der Waals surface area contributed by atoms with Gasteiger partial charge < -0.3 is 9.47 Å². The Morgan fingerprint density at radius 1 is 0.902 bits per heavy atom. The second-order valence-corrected chi connectivity index (χ2v) is 9.16. The molecule has 0 aliphatic carbocycles. The Labute approximate surface area is 236 Å². The van der Waals surface area contributed by atoms with Gasteiger partial charge in [0.15, 0.2) is 15.6 Å². The third-order valence-electron chi connectivity index (χ3n) is 5.40. The van der Waals surface area contributed by atoms with Crippen LogP contribution in [0.4, 0.5) is 18.3 Å². The molecule has 0 aliphatic heterocycles. The molecule has 5 aromatic rings. The molecular weight excluding hydrogens is 559 g/mol. The molecule has 0 saturated heterocycles. The van der Waals surface area contributed by atoms with Crippen LogP contribution in [0, 0.1) is 13.8 Å². The lowest BCUT2D eigenvalue weighted by Crippen LogP contribution is -2.17. The summed E-state index contributed by atoms with van der Waals surface area (Å²) in [6, 6.07) is 6.08. The van der Waals surface area contributed by atoms with Crippen molar-refractivity contribution in [2.45, 2.75) is 34.1 Å². The van der Waals surface area contributed by atoms with Gasteiger partial charge in [-0.3, -0.25) is 20.1 Å². The van der Waals surface area contributed by atoms with Gasteiger partial charge in [-0.25, -0.2) is 15.0 Å². The summed E-state index contributed by atoms with van der Waals surface area (Å²) in [5, 5.41) is 3.03. The van der Waals surface area contributed by atoms with E-state index < -0.39 is 18.1 Å². The van der Waals surface area contributed by atoms with Gasteiger partial charge in [-0.15, -0.1) is 13.2 Å². The van der Waals surface area contributed by atoms with Crippen molar-refractivity contribution >= 4 is 32.9 Å². The van der Waals surface area contributed by atoms with Crippen molar-refractivity contribution in [2.24, 2.45) is 0 Å². The number of hydrogen-bond acceptors (Lipinski definition) is 10. The number of thiazole rings is 1. The van der Waals surface area contributed by atoms with Gasteiger partial charge in [0.05, 0.1) is 30.8 Å². The number of alkyl halides is 3. The largest absolute Gasteiger partial charge is 0.574 e. The molecule has 0 bridgehead atoms. The van der Waals surface area contributed by atoms with Gasteiger partial charge in [0.2, 0.25) is 5.88 Å². The quantitative estimate of drug-likeness (QED) is 0.241. The fraction of sp³-hybridized carbons (Fsp3) is 0.222. The number of nitrogens with zero attached hydrogens (tertiary/aromatic N) is 6. The first-order valence-electron chi connectivity index (χ1n) is 12.2. The van der Waals surface area contributed by atoms with E-state index in [2.05, 4.69) is 40.0 Å². The number of fused-ring (bicyclic) bond motifs is 1. The predicted molar refractivity (Wildman–Crippen MR) is 148 cm³/mol. The highest BCUT2D eigenvalue weighted by atomic mass is 32.1. The summed E-state index contributed by atoms with van der Waals surface area (Å²) in [5.74, 6) is -0.529. The number of aryl methyl sites for hydroxylation is 2. The van der Waals surface area contributed by atoms with Crippen LogP contribution in [0.15, 0.2) is 49.1 Å². The molecule has 41 heavy (non-hydrogen) atoms. The first-order chi connectivity index (χ1) is 19.6. The Bertz CT molecular complexity index is 1690. The molecule has 0 radical (unpaired) electrons. The Morgan fingerprint density at radius 2 is 1.61 bits per heavy atom. The van der Waals surface area contributed by atoms with E-state index in [4.69, 9.17) is 4.74 Å². The van der Waals surface area contributed by atoms with Crippen molar-refractivity contribution in [1.82, 2.24) is 29.9 Å². The van der Waals surface area contributed by atoms with Gasteiger partial charge in [-0.05, 0) is 32.0 Å². The zero-order valence-electron chi connectivity index (χ0n) is 22.6. The number of aromatic nitrogens is 6. The standard InChI is InChI=1S/C25H18F3N7O3S.C2H6/c1-12-6-15(16-7-13(2)30-11-19(16)37-3)17(9-29-12)22(36)35-24-34-21-23(39-24)33-18(10-32-21)14-4-5-20(31-8-14)38-25(26,27)28;1-2/h4-11H,1-3H3,(H,32,34,35,36);1-2H3. The molecule has 5 heterocycles. The topological polar surface area (TPSA) is 125 Å². The van der Waals surface area contributed by atoms with Crippen molar-refractivity contribution < 1.29 is 27.4 Å². The molecule has 0 fully saturated rings. The Kier molecular flexibility index (Phi) is 8.71. The highest BCUT2D eigenvalue weighted by Crippen LogP contribution is 2.34. The molecule has 0 spiro atoms. The summed E-state index contributed by atoms with van der Waals surface area (Å²) in [4.78, 5) is 39.0. The number of hydrogen-bond donors (Lipinski definition) is 1. The molecule has 212 valence electrons. The molecule has 0 unspecified atom stereocenters. The maximum atomic E-state index is 13.3. The fourth-order valence-corrected chi connectivity index (χ4v) is 4.47. The van der Waals surface area contributed by atoms with Crippen LogP contribution in [-0.2, 0) is 0 Å². The van der Waals surface area contributed by atoms with Crippen molar-refractivity contribution in [3.05, 3.63) is 66.0 Å². The highest BCUT2D eigenvalue weighted by molar-refractivity contribution is 7.21. The SMILES string of the molecule is CC.COc1cnc(C)cc1-c1cc(C)ncc1C(=O)Nc1nc2ncc(-c3ccc(OC(F)(F)F)nc3)nc2s1. The first-order valence-corrected chi connectivity index (χ1v) is 13.1. The number of amides is 1. The summed E-state index contributed by atoms with van der Waals surface area (Å²) in [6.07, 6.45) is 0.847. The predicted octanol–water partition coefficient (Wildman–Crippen LogP) is 6.41. The smallest absolute Gasteiger partial charge is 0.494 e. The minimum absolute atomic E-state index is 0.253. The summed E-state index contributed by atoms with van der Waals surface area (Å²) in [7, 11) is 1.53. The van der Waals surface area contributed by atoms with Crippen LogP contribution in [0.5, 0.6) is 11.6 Å². The lowest BCUT2D eigenvalue weighted by Gasteiger charge is -2.13. The average molecular weight is 584 g/mol. The van der Waals surface area contributed by atoms with Crippen LogP contribution < -0.4 is 14.8 Å². The van der Waals surface area contributed by atoms with Crippen molar-refractivity contribution in [3.63, 3.8) is 0 Å². The number of carbonyl (C=O) groups is 1. The van der Waals surface area contributed by atoms with E-state index in [0.717, 1.165) is 23.1 Å². The molecular formula is C27H24F3N7O3S. The second kappa shape index (κ2) is 12.2. The number of pyridine rings is 3. The van der Waals surface area contributed by atoms with Gasteiger partial charge in [-0.1, -0.05) is 25.2 Å². The summed E-state index contributed by atoms with van der Waals surface area (Å²) >= 11 is 1.09. The van der Waals surface area contributed by atoms with E-state index in [0.29, 0.717) is 44.2 Å². The van der Waals surface area contributed by atoms with Crippen molar-refractivity contribution in [1.29, 1.82) is 0 Å². The molecule has 10 nitrogen and oxygen atoms in total. The van der Waals surface area contributed by atoms with Crippen LogP contribution in [0.1, 0.15) is 35.6 Å². The van der Waals surface area contributed by atoms with Gasteiger partial charge in [-0.2, -0.15) is 4.98 Å². The van der Waals surface area contributed by atoms with Crippen LogP contribution >= 0.6 is 11.3 Å². The van der Waals surface area contributed by atoms with E-state index in [-0.39, 0.29) is 10.8 Å². The monoisotopic (exact) mass is 583 g/mol. The number of nitrogens with one attached hydrogen (secondary N) is 1. The third kappa shape index (κ3) is 6.90. The number of methoxy groups -OCH3 is 1. The zero-order chi connectivity index (χ0) is 29.7. The highest BCUT2D eigenvalue weighted by Gasteiger charge is 2.31. The molecule has 14 heteroatoms. The van der Waals surface area contributed by atoms with Crippen LogP contribution in [0.25, 0.3) is 32.9 Å². The molecule has 1 amide bonds. The van der Waals surface area contributed by atoms with E-state index in [1.54, 1.807) is 12.3 Å². The number of rotatable bonds is 6. The number of carbonyl (C=O) groups excluding carboxylic acids is 1. The minimum atomic E-state index is -4.84. The Hall–Kier alpha value is -4.72. The maximum Gasteiger partial charge on any atom is 0.574 e. The van der Waals surface area contributed by atoms with Gasteiger partial charge >= 0.3 is 6.36 Å². The van der Waals surface area contributed by atoms with E-state index in [1.165, 1.54) is 31.8 Å². The van der Waals surface area contributed by atoms with Gasteiger partial charge in [0.25, 0.3) is 5.91 Å². The van der Waals surface area contributed by atoms with E-state index in [1.807, 2.05) is 33.8 Å². The Morgan fingerprint density at radius 3 is 2.27 bits per heavy atom. The lowest BCUT2D eigenvalue weighted by molar-refractivity contribution is -0.276. The maximum absolute atomic E-state index is 13.3. The number of anilines is 1. The van der Waals surface area contributed by atoms with Crippen LogP contribution in [0.3, 0.4) is 0 Å². The second-order valence-electron chi connectivity index (χ2n) is 8.19. The number of ether oxygens (including phenoxy) is 2. The molecule has 0 atom stereocenters. The molecule has 1 N–H and O–H groups in total. The molecule has 5 aromatic heterocycles. The third-order valence-corrected chi connectivity index (χ3v) is 6.25. The lowest BCUT2D eigenvalue weighted by atomic mass is 9.99. The minimum Gasteiger partial charge on any atom is -0.494 e. The van der Waals surface area contributed by atoms with Gasteiger partial charge in [0.1, 0.15) is 5.75 Å². The fourth-order valence-electron chi connectivity index (χ4n) is 3.67. The van der Waals surface area contributed by atoms with E-state index in [9.17, 15) is 18.0 Å². The molecule has 5 rings (SSSR count). The first kappa shape index (κ1) is 29.3. The molecule has 0 saturated carbocycles. The van der Waals surface area contributed by atoms with Crippen molar-refractivity contribution in [2.75, 3.05) is 12.4 Å².